The number of esters is 1. The molecule has 0 aliphatic heterocycles. The van der Waals surface area contributed by atoms with Crippen LogP contribution in [-0.4, -0.2) is 44.0 Å². The van der Waals surface area contributed by atoms with Crippen LogP contribution in [0.3, 0.4) is 0 Å². The molecule has 1 amide bonds. The SMILES string of the molecule is COC(=O)C(Cc1ccc(OCCN(C(=O)CC(C)(C)C)c2ccc(C)cc2)cc1)Nc1ccccc1C(=O)c1ccccc1. The van der Waals surface area contributed by atoms with Crippen LogP contribution >= 0.6 is 0 Å². The van der Waals surface area contributed by atoms with Crippen molar-refractivity contribution >= 4 is 29.0 Å². The van der Waals surface area contributed by atoms with Crippen molar-refractivity contribution in [2.24, 2.45) is 5.41 Å². The molecule has 4 aromatic carbocycles. The number of nitrogens with one attached hydrogen (secondary N) is 1. The van der Waals surface area contributed by atoms with Gasteiger partial charge in [0.25, 0.3) is 0 Å². The number of ketones is 1. The van der Waals surface area contributed by atoms with E-state index in [1.54, 1.807) is 35.2 Å². The second kappa shape index (κ2) is 15.2. The number of benzene rings is 4. The second-order valence-electron chi connectivity index (χ2n) is 12.3. The van der Waals surface area contributed by atoms with Crippen molar-refractivity contribution in [2.45, 2.75) is 46.6 Å². The minimum atomic E-state index is -0.719. The first-order chi connectivity index (χ1) is 21.5. The maximum Gasteiger partial charge on any atom is 0.328 e. The van der Waals surface area contributed by atoms with Gasteiger partial charge in [-0.2, -0.15) is 0 Å². The zero-order valence-corrected chi connectivity index (χ0v) is 26.7. The van der Waals surface area contributed by atoms with Crippen molar-refractivity contribution in [3.63, 3.8) is 0 Å². The first-order valence-corrected chi connectivity index (χ1v) is 15.2. The maximum atomic E-state index is 13.2. The van der Waals surface area contributed by atoms with Crippen LogP contribution in [0.15, 0.2) is 103 Å². The highest BCUT2D eigenvalue weighted by atomic mass is 16.5. The van der Waals surface area contributed by atoms with Crippen LogP contribution in [0.25, 0.3) is 0 Å². The molecule has 0 aliphatic carbocycles. The van der Waals surface area contributed by atoms with Gasteiger partial charge < -0.3 is 19.7 Å². The molecule has 0 spiro atoms. The van der Waals surface area contributed by atoms with Crippen molar-refractivity contribution in [1.29, 1.82) is 0 Å². The molecule has 0 fully saturated rings. The largest absolute Gasteiger partial charge is 0.492 e. The summed E-state index contributed by atoms with van der Waals surface area (Å²) in [5, 5.41) is 3.24. The lowest BCUT2D eigenvalue weighted by atomic mass is 9.91. The molecule has 4 aromatic rings. The van der Waals surface area contributed by atoms with Gasteiger partial charge in [-0.3, -0.25) is 9.59 Å². The van der Waals surface area contributed by atoms with Crippen molar-refractivity contribution < 1.29 is 23.9 Å². The number of aryl methyl sites for hydroxylation is 1. The Labute approximate surface area is 266 Å². The standard InChI is InChI=1S/C38H42N2O5/c1-27-15-19-30(20-16-27)40(35(41)26-38(2,3)4)23-24-45-31-21-17-28(18-22-31)25-34(37(43)44-5)39-33-14-10-9-13-32(33)36(42)29-11-7-6-8-12-29/h6-22,34,39H,23-26H2,1-5H3. The van der Waals surface area contributed by atoms with E-state index in [1.165, 1.54) is 7.11 Å². The molecule has 234 valence electrons. The number of carbonyl (C=O) groups excluding carboxylic acids is 3. The Kier molecular flexibility index (Phi) is 11.1. The molecule has 0 radical (unpaired) electrons. The first-order valence-electron chi connectivity index (χ1n) is 15.2. The summed E-state index contributed by atoms with van der Waals surface area (Å²) in [6.07, 6.45) is 0.763. The lowest BCUT2D eigenvalue weighted by molar-refractivity contribution is -0.141. The summed E-state index contributed by atoms with van der Waals surface area (Å²) in [5.41, 5.74) is 4.33. The number of nitrogens with zero attached hydrogens (tertiary/aromatic N) is 1. The highest BCUT2D eigenvalue weighted by molar-refractivity contribution is 6.12. The Morgan fingerprint density at radius 3 is 2.11 bits per heavy atom. The van der Waals surface area contributed by atoms with Gasteiger partial charge in [0.05, 0.1) is 13.7 Å². The lowest BCUT2D eigenvalue weighted by Gasteiger charge is -2.27. The summed E-state index contributed by atoms with van der Waals surface area (Å²) in [7, 11) is 1.35. The smallest absolute Gasteiger partial charge is 0.328 e. The number of hydrogen-bond donors (Lipinski definition) is 1. The van der Waals surface area contributed by atoms with Gasteiger partial charge in [-0.25, -0.2) is 4.79 Å². The predicted molar refractivity (Wildman–Crippen MR) is 179 cm³/mol. The topological polar surface area (TPSA) is 84.9 Å². The van der Waals surface area contributed by atoms with E-state index in [0.717, 1.165) is 16.8 Å². The fourth-order valence-corrected chi connectivity index (χ4v) is 4.96. The third-order valence-electron chi connectivity index (χ3n) is 7.30. The van der Waals surface area contributed by atoms with Crippen LogP contribution in [0.5, 0.6) is 5.75 Å². The Morgan fingerprint density at radius 2 is 1.47 bits per heavy atom. The summed E-state index contributed by atoms with van der Waals surface area (Å²) >= 11 is 0. The van der Waals surface area contributed by atoms with Crippen molar-refractivity contribution in [2.75, 3.05) is 30.5 Å². The fourth-order valence-electron chi connectivity index (χ4n) is 4.96. The van der Waals surface area contributed by atoms with E-state index < -0.39 is 12.0 Å². The molecule has 1 atom stereocenters. The van der Waals surface area contributed by atoms with Gasteiger partial charge in [-0.05, 0) is 54.3 Å². The first kappa shape index (κ1) is 33.0. The fraction of sp³-hybridized carbons (Fsp3) is 0.289. The molecule has 0 heterocycles. The van der Waals surface area contributed by atoms with E-state index in [1.807, 2.05) is 79.7 Å². The molecule has 0 saturated heterocycles. The molecule has 7 nitrogen and oxygen atoms in total. The minimum absolute atomic E-state index is 0.0543. The Bertz CT molecular complexity index is 1580. The van der Waals surface area contributed by atoms with Crippen LogP contribution in [0.1, 0.15) is 54.2 Å². The number of amides is 1. The van der Waals surface area contributed by atoms with Crippen LogP contribution in [0, 0.1) is 12.3 Å². The quantitative estimate of drug-likeness (QED) is 0.127. The van der Waals surface area contributed by atoms with Gasteiger partial charge in [-0.1, -0.05) is 93.1 Å². The van der Waals surface area contributed by atoms with Gasteiger partial charge in [0.2, 0.25) is 5.91 Å². The normalized spacial score (nSPS) is 11.8. The van der Waals surface area contributed by atoms with E-state index in [-0.39, 0.29) is 17.1 Å². The molecule has 45 heavy (non-hydrogen) atoms. The van der Waals surface area contributed by atoms with Crippen molar-refractivity contribution in [1.82, 2.24) is 0 Å². The zero-order chi connectivity index (χ0) is 32.4. The number of rotatable bonds is 13. The van der Waals surface area contributed by atoms with E-state index in [2.05, 4.69) is 26.1 Å². The van der Waals surface area contributed by atoms with Crippen LogP contribution < -0.4 is 15.0 Å². The molecule has 4 rings (SSSR count). The maximum absolute atomic E-state index is 13.2. The minimum Gasteiger partial charge on any atom is -0.492 e. The highest BCUT2D eigenvalue weighted by Crippen LogP contribution is 2.25. The molecule has 0 aliphatic rings. The highest BCUT2D eigenvalue weighted by Gasteiger charge is 2.24. The number of carbonyl (C=O) groups is 3. The van der Waals surface area contributed by atoms with Gasteiger partial charge in [0.15, 0.2) is 5.78 Å². The second-order valence-corrected chi connectivity index (χ2v) is 12.3. The van der Waals surface area contributed by atoms with Crippen LogP contribution in [0.2, 0.25) is 0 Å². The molecule has 0 saturated carbocycles. The molecule has 1 N–H and O–H groups in total. The number of hydrogen-bond acceptors (Lipinski definition) is 6. The Hall–Kier alpha value is -4.91. The molecule has 1 unspecified atom stereocenters. The molecule has 0 bridgehead atoms. The van der Waals surface area contributed by atoms with Gasteiger partial charge in [0.1, 0.15) is 18.4 Å². The van der Waals surface area contributed by atoms with Gasteiger partial charge >= 0.3 is 5.97 Å². The van der Waals surface area contributed by atoms with E-state index >= 15 is 0 Å². The molecule has 7 heteroatoms. The summed E-state index contributed by atoms with van der Waals surface area (Å²) < 4.78 is 11.1. The number of ether oxygens (including phenoxy) is 2. The number of para-hydroxylation sites is 1. The monoisotopic (exact) mass is 606 g/mol. The zero-order valence-electron chi connectivity index (χ0n) is 26.7. The molecular weight excluding hydrogens is 564 g/mol. The average Bonchev–Trinajstić information content (AvgIpc) is 3.03. The third kappa shape index (κ3) is 9.54. The lowest BCUT2D eigenvalue weighted by Crippen LogP contribution is -2.36. The molecular formula is C38H42N2O5. The van der Waals surface area contributed by atoms with Crippen molar-refractivity contribution in [3.8, 4) is 5.75 Å². The molecule has 0 aromatic heterocycles. The van der Waals surface area contributed by atoms with E-state index in [9.17, 15) is 14.4 Å². The van der Waals surface area contributed by atoms with Crippen LogP contribution in [0.4, 0.5) is 11.4 Å². The van der Waals surface area contributed by atoms with Gasteiger partial charge in [-0.15, -0.1) is 0 Å². The van der Waals surface area contributed by atoms with E-state index in [4.69, 9.17) is 9.47 Å². The number of methoxy groups -OCH3 is 1. The third-order valence-corrected chi connectivity index (χ3v) is 7.30. The van der Waals surface area contributed by atoms with Crippen LogP contribution in [-0.2, 0) is 20.7 Å². The Balaban J connectivity index is 1.41. The summed E-state index contributed by atoms with van der Waals surface area (Å²) in [6, 6.07) is 30.9. The summed E-state index contributed by atoms with van der Waals surface area (Å²) in [6.45, 7) is 8.92. The van der Waals surface area contributed by atoms with Crippen molar-refractivity contribution in [3.05, 3.63) is 125 Å². The number of anilines is 2. The summed E-state index contributed by atoms with van der Waals surface area (Å²) in [4.78, 5) is 41.0. The average molecular weight is 607 g/mol. The predicted octanol–water partition coefficient (Wildman–Crippen LogP) is 7.27. The summed E-state index contributed by atoms with van der Waals surface area (Å²) in [5.74, 6) is 0.143. The Morgan fingerprint density at radius 1 is 0.822 bits per heavy atom. The van der Waals surface area contributed by atoms with E-state index in [0.29, 0.717) is 48.6 Å². The van der Waals surface area contributed by atoms with Gasteiger partial charge in [0, 0.05) is 35.3 Å².